The summed E-state index contributed by atoms with van der Waals surface area (Å²) < 4.78 is 13.3. The Morgan fingerprint density at radius 1 is 0.978 bits per heavy atom. The van der Waals surface area contributed by atoms with Crippen LogP contribution in [0, 0.1) is 6.92 Å². The Balaban J connectivity index is 1.17. The summed E-state index contributed by atoms with van der Waals surface area (Å²) in [6.45, 7) is 13.1. The minimum absolute atomic E-state index is 0.0460. The fourth-order valence-corrected chi connectivity index (χ4v) is 7.26. The second-order valence-electron chi connectivity index (χ2n) is 12.4. The maximum absolute atomic E-state index is 13.8. The van der Waals surface area contributed by atoms with E-state index in [1.165, 1.54) is 5.56 Å². The number of fused-ring (bicyclic) bond motifs is 1. The van der Waals surface area contributed by atoms with Crippen molar-refractivity contribution in [2.75, 3.05) is 64.9 Å². The van der Waals surface area contributed by atoms with Gasteiger partial charge >= 0.3 is 0 Å². The molecule has 8 nitrogen and oxygen atoms in total. The van der Waals surface area contributed by atoms with E-state index in [1.807, 2.05) is 30.0 Å². The largest absolute Gasteiger partial charge is 0.493 e. The third-order valence-corrected chi connectivity index (χ3v) is 9.66. The quantitative estimate of drug-likeness (QED) is 0.208. The van der Waals surface area contributed by atoms with Crippen LogP contribution in [0.25, 0.3) is 11.0 Å². The second-order valence-corrected chi connectivity index (χ2v) is 12.4. The Bertz CT molecular complexity index is 1650. The average Bonchev–Trinajstić information content (AvgIpc) is 3.59. The molecule has 1 aromatic heterocycles. The summed E-state index contributed by atoms with van der Waals surface area (Å²) >= 11 is 0. The number of carbonyl (C=O) groups excluding carboxylic acids is 1. The Morgan fingerprint density at radius 2 is 1.78 bits per heavy atom. The van der Waals surface area contributed by atoms with Gasteiger partial charge in [-0.15, -0.1) is 6.58 Å². The number of likely N-dealkylation sites (tertiary alicyclic amines) is 1. The second kappa shape index (κ2) is 13.4. The molecule has 1 unspecified atom stereocenters. The van der Waals surface area contributed by atoms with Crippen molar-refractivity contribution >= 4 is 22.9 Å². The number of amides is 1. The third kappa shape index (κ3) is 6.16. The molecule has 2 saturated heterocycles. The van der Waals surface area contributed by atoms with E-state index in [4.69, 9.17) is 14.5 Å². The molecule has 1 atom stereocenters. The zero-order valence-electron chi connectivity index (χ0n) is 26.9. The fraction of sp³-hybridized carbons (Fsp3) is 0.405. The number of nitrogens with zero attached hydrogens (tertiary/aromatic N) is 5. The first-order valence-corrected chi connectivity index (χ1v) is 16.1. The number of hydrogen-bond acceptors (Lipinski definition) is 6. The molecule has 3 aromatic carbocycles. The van der Waals surface area contributed by atoms with Crippen molar-refractivity contribution in [1.82, 2.24) is 19.4 Å². The number of hydrogen-bond donors (Lipinski definition) is 0. The molecule has 45 heavy (non-hydrogen) atoms. The lowest BCUT2D eigenvalue weighted by Gasteiger charge is -2.33. The topological polar surface area (TPSA) is 63.1 Å². The molecular formula is C37H45N5O3. The molecule has 236 valence electrons. The van der Waals surface area contributed by atoms with Gasteiger partial charge in [0.05, 0.1) is 25.3 Å². The molecule has 2 aliphatic heterocycles. The van der Waals surface area contributed by atoms with Crippen LogP contribution < -0.4 is 14.4 Å². The van der Waals surface area contributed by atoms with E-state index in [-0.39, 0.29) is 11.3 Å². The smallest absolute Gasteiger partial charge is 0.254 e. The number of rotatable bonds is 10. The van der Waals surface area contributed by atoms with Gasteiger partial charge in [0.2, 0.25) is 5.95 Å². The number of anilines is 1. The highest BCUT2D eigenvalue weighted by Gasteiger charge is 2.41. The van der Waals surface area contributed by atoms with Crippen molar-refractivity contribution in [3.05, 3.63) is 96.1 Å². The van der Waals surface area contributed by atoms with E-state index >= 15 is 0 Å². The molecule has 3 heterocycles. The first-order chi connectivity index (χ1) is 22.0. The summed E-state index contributed by atoms with van der Waals surface area (Å²) in [5.41, 5.74) is 4.95. The van der Waals surface area contributed by atoms with Crippen LogP contribution in [0.1, 0.15) is 40.7 Å². The van der Waals surface area contributed by atoms with E-state index in [0.717, 1.165) is 87.6 Å². The fourth-order valence-electron chi connectivity index (χ4n) is 7.26. The normalized spacial score (nSPS) is 19.1. The lowest BCUT2D eigenvalue weighted by molar-refractivity contribution is 0.0780. The van der Waals surface area contributed by atoms with Crippen molar-refractivity contribution in [3.63, 3.8) is 0 Å². The number of benzene rings is 3. The standard InChI is InChI=1S/C37H45N5O3/c1-5-18-42-32-15-10-9-14-31(32)38-36(42)40-20-11-19-39(23-24-40)21-16-37(30-12-7-6-8-13-30)17-22-41(27-37)35(43)29-25-28(2)34(45-4)33(26-29)44-3/h5-10,12-15,25-26H,1,11,16-24,27H2,2-4H3. The number of para-hydroxylation sites is 2. The lowest BCUT2D eigenvalue weighted by Crippen LogP contribution is -2.39. The summed E-state index contributed by atoms with van der Waals surface area (Å²) in [5.74, 6) is 2.34. The van der Waals surface area contributed by atoms with Crippen LogP contribution in [0.3, 0.4) is 0 Å². The Kier molecular flexibility index (Phi) is 9.12. The summed E-state index contributed by atoms with van der Waals surface area (Å²) in [6.07, 6.45) is 4.98. The summed E-state index contributed by atoms with van der Waals surface area (Å²) in [7, 11) is 3.24. The molecule has 0 saturated carbocycles. The van der Waals surface area contributed by atoms with Crippen molar-refractivity contribution in [2.24, 2.45) is 0 Å². The molecule has 2 fully saturated rings. The highest BCUT2D eigenvalue weighted by molar-refractivity contribution is 5.95. The van der Waals surface area contributed by atoms with Crippen LogP contribution in [-0.4, -0.2) is 85.3 Å². The number of carbonyl (C=O) groups is 1. The predicted octanol–water partition coefficient (Wildman–Crippen LogP) is 5.93. The van der Waals surface area contributed by atoms with Crippen molar-refractivity contribution in [2.45, 2.75) is 38.1 Å². The van der Waals surface area contributed by atoms with Gasteiger partial charge in [0.15, 0.2) is 11.5 Å². The highest BCUT2D eigenvalue weighted by Crippen LogP contribution is 2.40. The monoisotopic (exact) mass is 607 g/mol. The van der Waals surface area contributed by atoms with Gasteiger partial charge in [-0.1, -0.05) is 48.5 Å². The predicted molar refractivity (Wildman–Crippen MR) is 181 cm³/mol. The van der Waals surface area contributed by atoms with Gasteiger partial charge in [-0.25, -0.2) is 4.98 Å². The summed E-state index contributed by atoms with van der Waals surface area (Å²) in [4.78, 5) is 26.0. The van der Waals surface area contributed by atoms with Crippen LogP contribution in [0.4, 0.5) is 5.95 Å². The number of methoxy groups -OCH3 is 2. The Morgan fingerprint density at radius 3 is 2.56 bits per heavy atom. The SMILES string of the molecule is C=CCn1c(N2CCCN(CCC3(c4ccccc4)CCN(C(=O)c4cc(C)c(OC)c(OC)c4)C3)CC2)nc2ccccc21. The first kappa shape index (κ1) is 30.7. The first-order valence-electron chi connectivity index (χ1n) is 16.1. The molecule has 1 amide bonds. The van der Waals surface area contributed by atoms with Crippen LogP contribution in [0.2, 0.25) is 0 Å². The van der Waals surface area contributed by atoms with Gasteiger partial charge in [-0.2, -0.15) is 0 Å². The maximum Gasteiger partial charge on any atom is 0.254 e. The molecule has 0 bridgehead atoms. The molecule has 2 aliphatic rings. The highest BCUT2D eigenvalue weighted by atomic mass is 16.5. The Labute approximate surface area is 266 Å². The number of allylic oxidation sites excluding steroid dienone is 1. The molecule has 6 rings (SSSR count). The molecule has 0 radical (unpaired) electrons. The molecule has 0 aliphatic carbocycles. The number of aromatic nitrogens is 2. The van der Waals surface area contributed by atoms with E-state index in [0.29, 0.717) is 23.6 Å². The van der Waals surface area contributed by atoms with Crippen molar-refractivity contribution in [1.29, 1.82) is 0 Å². The third-order valence-electron chi connectivity index (χ3n) is 9.66. The van der Waals surface area contributed by atoms with E-state index in [2.05, 4.69) is 75.5 Å². The number of ether oxygens (including phenoxy) is 2. The van der Waals surface area contributed by atoms with E-state index in [1.54, 1.807) is 14.2 Å². The van der Waals surface area contributed by atoms with Gasteiger partial charge in [-0.05, 0) is 74.7 Å². The zero-order valence-corrected chi connectivity index (χ0v) is 26.9. The lowest BCUT2D eigenvalue weighted by atomic mass is 9.76. The summed E-state index contributed by atoms with van der Waals surface area (Å²) in [6, 6.07) is 22.9. The van der Waals surface area contributed by atoms with E-state index < -0.39 is 0 Å². The van der Waals surface area contributed by atoms with Crippen LogP contribution in [0.15, 0.2) is 79.4 Å². The Hall–Kier alpha value is -4.30. The van der Waals surface area contributed by atoms with Crippen molar-refractivity contribution < 1.29 is 14.3 Å². The molecular weight excluding hydrogens is 562 g/mol. The summed E-state index contributed by atoms with van der Waals surface area (Å²) in [5, 5.41) is 0. The van der Waals surface area contributed by atoms with Crippen LogP contribution >= 0.6 is 0 Å². The van der Waals surface area contributed by atoms with E-state index in [9.17, 15) is 4.79 Å². The van der Waals surface area contributed by atoms with Gasteiger partial charge in [0, 0.05) is 50.2 Å². The number of imidazole rings is 1. The van der Waals surface area contributed by atoms with Gasteiger partial charge in [0.25, 0.3) is 5.91 Å². The van der Waals surface area contributed by atoms with Gasteiger partial charge in [0.1, 0.15) is 0 Å². The number of aryl methyl sites for hydroxylation is 1. The average molecular weight is 608 g/mol. The van der Waals surface area contributed by atoms with Gasteiger partial charge in [-0.3, -0.25) is 4.79 Å². The van der Waals surface area contributed by atoms with Crippen LogP contribution in [-0.2, 0) is 12.0 Å². The van der Waals surface area contributed by atoms with Gasteiger partial charge < -0.3 is 28.7 Å². The molecule has 0 spiro atoms. The molecule has 4 aromatic rings. The molecule has 0 N–H and O–H groups in total. The minimum Gasteiger partial charge on any atom is -0.493 e. The zero-order chi connectivity index (χ0) is 31.4. The van der Waals surface area contributed by atoms with Crippen LogP contribution in [0.5, 0.6) is 11.5 Å². The van der Waals surface area contributed by atoms with Crippen molar-refractivity contribution in [3.8, 4) is 11.5 Å². The molecule has 8 heteroatoms. The maximum atomic E-state index is 13.8. The minimum atomic E-state index is -0.0908.